The van der Waals surface area contributed by atoms with Crippen molar-refractivity contribution in [2.75, 3.05) is 7.11 Å². The molecule has 0 N–H and O–H groups in total. The van der Waals surface area contributed by atoms with Crippen molar-refractivity contribution in [3.8, 4) is 0 Å². The third-order valence-electron chi connectivity index (χ3n) is 0.877. The molecule has 7 heavy (non-hydrogen) atoms. The quantitative estimate of drug-likeness (QED) is 0.482. The number of allylic oxidation sites excluding steroid dienone is 1. The van der Waals surface area contributed by atoms with Crippen molar-refractivity contribution in [2.45, 2.75) is 20.3 Å². The highest BCUT2D eigenvalue weighted by atomic mass is 16.5. The molecule has 1 nitrogen and oxygen atoms in total. The van der Waals surface area contributed by atoms with Crippen LogP contribution < -0.4 is 0 Å². The van der Waals surface area contributed by atoms with Crippen molar-refractivity contribution in [3.05, 3.63) is 11.8 Å². The molecule has 0 bridgehead atoms. The van der Waals surface area contributed by atoms with Crippen molar-refractivity contribution >= 4 is 0 Å². The van der Waals surface area contributed by atoms with Gasteiger partial charge in [0.15, 0.2) is 0 Å². The summed E-state index contributed by atoms with van der Waals surface area (Å²) in [5, 5.41) is 0. The van der Waals surface area contributed by atoms with Crippen LogP contribution in [0.3, 0.4) is 0 Å². The lowest BCUT2D eigenvalue weighted by molar-refractivity contribution is 0.333. The molecule has 0 fully saturated rings. The fourth-order valence-electron chi connectivity index (χ4n) is 0.285. The lowest BCUT2D eigenvalue weighted by Crippen LogP contribution is -1.72. The van der Waals surface area contributed by atoms with Crippen LogP contribution in [-0.2, 0) is 4.74 Å². The molecule has 0 aromatic carbocycles. The Kier molecular flexibility index (Phi) is 3.48. The van der Waals surface area contributed by atoms with Crippen LogP contribution in [0.15, 0.2) is 11.8 Å². The van der Waals surface area contributed by atoms with Gasteiger partial charge in [-0.1, -0.05) is 6.92 Å². The van der Waals surface area contributed by atoms with Crippen LogP contribution in [-0.4, -0.2) is 7.11 Å². The van der Waals surface area contributed by atoms with E-state index in [9.17, 15) is 0 Å². The van der Waals surface area contributed by atoms with E-state index in [-0.39, 0.29) is 0 Å². The molecule has 0 amide bonds. The van der Waals surface area contributed by atoms with E-state index in [1.54, 1.807) is 13.4 Å². The summed E-state index contributed by atoms with van der Waals surface area (Å²) in [5.41, 5.74) is 1.28. The van der Waals surface area contributed by atoms with Crippen molar-refractivity contribution in [1.82, 2.24) is 0 Å². The second-order valence-corrected chi connectivity index (χ2v) is 1.55. The molecule has 0 aliphatic heterocycles. The minimum Gasteiger partial charge on any atom is -0.504 e. The third-order valence-corrected chi connectivity index (χ3v) is 0.877. The number of ether oxygens (including phenoxy) is 1. The molecule has 0 rings (SSSR count). The van der Waals surface area contributed by atoms with Crippen LogP contribution in [0, 0.1) is 0 Å². The molecule has 0 saturated heterocycles. The first kappa shape index (κ1) is 6.54. The lowest BCUT2D eigenvalue weighted by Gasteiger charge is -1.90. The molecule has 0 heterocycles. The zero-order chi connectivity index (χ0) is 5.70. The third kappa shape index (κ3) is 3.37. The van der Waals surface area contributed by atoms with Gasteiger partial charge in [0, 0.05) is 0 Å². The minimum absolute atomic E-state index is 1.08. The molecule has 0 saturated carbocycles. The Balaban J connectivity index is 3.29. The van der Waals surface area contributed by atoms with Crippen LogP contribution in [0.2, 0.25) is 0 Å². The Bertz CT molecular complexity index is 64.6. The van der Waals surface area contributed by atoms with Gasteiger partial charge < -0.3 is 4.74 Å². The monoisotopic (exact) mass is 100 g/mol. The van der Waals surface area contributed by atoms with Gasteiger partial charge in [-0.2, -0.15) is 0 Å². The van der Waals surface area contributed by atoms with E-state index in [1.807, 2.05) is 6.92 Å². The summed E-state index contributed by atoms with van der Waals surface area (Å²) in [5.74, 6) is 0. The Labute approximate surface area is 45.0 Å². The molecule has 0 aromatic heterocycles. The molecule has 0 aromatic rings. The van der Waals surface area contributed by atoms with E-state index >= 15 is 0 Å². The van der Waals surface area contributed by atoms with Crippen LogP contribution in [0.5, 0.6) is 0 Å². The van der Waals surface area contributed by atoms with E-state index in [4.69, 9.17) is 4.74 Å². The van der Waals surface area contributed by atoms with E-state index in [0.29, 0.717) is 0 Å². The maximum atomic E-state index is 4.73. The smallest absolute Gasteiger partial charge is 0.0813 e. The number of rotatable bonds is 2. The van der Waals surface area contributed by atoms with E-state index in [2.05, 4.69) is 6.92 Å². The lowest BCUT2D eigenvalue weighted by atomic mass is 10.3. The SMILES string of the molecule is CC/C(C)=C\OC. The predicted octanol–water partition coefficient (Wildman–Crippen LogP) is 1.95. The highest BCUT2D eigenvalue weighted by molar-refractivity contribution is 4.90. The summed E-state index contributed by atoms with van der Waals surface area (Å²) in [7, 11) is 1.67. The fraction of sp³-hybridized carbons (Fsp3) is 0.667. The molecule has 1 heteroatoms. The average Bonchev–Trinajstić information content (AvgIpc) is 1.68. The van der Waals surface area contributed by atoms with Crippen molar-refractivity contribution in [3.63, 3.8) is 0 Å². The topological polar surface area (TPSA) is 9.23 Å². The van der Waals surface area contributed by atoms with Crippen molar-refractivity contribution < 1.29 is 4.74 Å². The summed E-state index contributed by atoms with van der Waals surface area (Å²) >= 11 is 0. The highest BCUT2D eigenvalue weighted by Crippen LogP contribution is 1.95. The second kappa shape index (κ2) is 3.72. The molecule has 0 aliphatic rings. The second-order valence-electron chi connectivity index (χ2n) is 1.55. The van der Waals surface area contributed by atoms with Gasteiger partial charge >= 0.3 is 0 Å². The molecule has 0 atom stereocenters. The van der Waals surface area contributed by atoms with Gasteiger partial charge in [0.1, 0.15) is 0 Å². The normalized spacial score (nSPS) is 11.6. The standard InChI is InChI=1S/C6H12O/c1-4-6(2)5-7-3/h5H,4H2,1-3H3/b6-5-. The van der Waals surface area contributed by atoms with Gasteiger partial charge in [-0.15, -0.1) is 0 Å². The molecule has 0 radical (unpaired) electrons. The van der Waals surface area contributed by atoms with E-state index in [0.717, 1.165) is 6.42 Å². The molecular weight excluding hydrogens is 88.1 g/mol. The Morgan fingerprint density at radius 2 is 2.29 bits per heavy atom. The van der Waals surface area contributed by atoms with Crippen LogP contribution >= 0.6 is 0 Å². The van der Waals surface area contributed by atoms with Gasteiger partial charge in [-0.3, -0.25) is 0 Å². The van der Waals surface area contributed by atoms with E-state index in [1.165, 1.54) is 5.57 Å². The predicted molar refractivity (Wildman–Crippen MR) is 31.1 cm³/mol. The summed E-state index contributed by atoms with van der Waals surface area (Å²) in [6, 6.07) is 0. The zero-order valence-corrected chi connectivity index (χ0v) is 5.19. The minimum atomic E-state index is 1.08. The molecule has 42 valence electrons. The first-order chi connectivity index (χ1) is 3.31. The number of methoxy groups -OCH3 is 1. The number of hydrogen-bond donors (Lipinski definition) is 0. The summed E-state index contributed by atoms with van der Waals surface area (Å²) in [6.45, 7) is 4.15. The van der Waals surface area contributed by atoms with E-state index < -0.39 is 0 Å². The summed E-state index contributed by atoms with van der Waals surface area (Å²) in [4.78, 5) is 0. The van der Waals surface area contributed by atoms with Gasteiger partial charge in [-0.25, -0.2) is 0 Å². The van der Waals surface area contributed by atoms with Crippen molar-refractivity contribution in [2.24, 2.45) is 0 Å². The maximum Gasteiger partial charge on any atom is 0.0813 e. The van der Waals surface area contributed by atoms with Gasteiger partial charge in [0.25, 0.3) is 0 Å². The largest absolute Gasteiger partial charge is 0.504 e. The average molecular weight is 100 g/mol. The summed E-state index contributed by atoms with van der Waals surface area (Å²) in [6.07, 6.45) is 2.84. The molecule has 0 unspecified atom stereocenters. The van der Waals surface area contributed by atoms with Crippen LogP contribution in [0.4, 0.5) is 0 Å². The first-order valence-corrected chi connectivity index (χ1v) is 2.49. The number of hydrogen-bond acceptors (Lipinski definition) is 1. The molecule has 0 aliphatic carbocycles. The molecular formula is C6H12O. The maximum absolute atomic E-state index is 4.73. The van der Waals surface area contributed by atoms with Crippen molar-refractivity contribution in [1.29, 1.82) is 0 Å². The van der Waals surface area contributed by atoms with Crippen LogP contribution in [0.25, 0.3) is 0 Å². The summed E-state index contributed by atoms with van der Waals surface area (Å²) < 4.78 is 4.73. The first-order valence-electron chi connectivity index (χ1n) is 2.49. The van der Waals surface area contributed by atoms with Crippen LogP contribution in [0.1, 0.15) is 20.3 Å². The molecule has 0 spiro atoms. The Hall–Kier alpha value is -0.460. The Morgan fingerprint density at radius 1 is 1.71 bits per heavy atom. The van der Waals surface area contributed by atoms with Gasteiger partial charge in [0.05, 0.1) is 13.4 Å². The highest BCUT2D eigenvalue weighted by Gasteiger charge is 1.77. The fourth-order valence-corrected chi connectivity index (χ4v) is 0.285. The Morgan fingerprint density at radius 3 is 2.43 bits per heavy atom. The zero-order valence-electron chi connectivity index (χ0n) is 5.19. The van der Waals surface area contributed by atoms with Gasteiger partial charge in [0.2, 0.25) is 0 Å². The van der Waals surface area contributed by atoms with Gasteiger partial charge in [-0.05, 0) is 18.9 Å².